The minimum Gasteiger partial charge on any atom is -0.325 e. The Morgan fingerprint density at radius 2 is 1.38 bits per heavy atom. The molecule has 0 radical (unpaired) electrons. The quantitative estimate of drug-likeness (QED) is 0.797. The lowest BCUT2D eigenvalue weighted by Crippen LogP contribution is -2.35. The van der Waals surface area contributed by atoms with Crippen molar-refractivity contribution in [2.45, 2.75) is 25.7 Å². The number of anilines is 2. The third kappa shape index (κ3) is 4.76. The van der Waals surface area contributed by atoms with E-state index >= 15 is 0 Å². The zero-order chi connectivity index (χ0) is 18.4. The number of benzene rings is 2. The Bertz CT molecular complexity index is 769. The number of carbonyl (C=O) groups is 2. The fourth-order valence-corrected chi connectivity index (χ4v) is 3.18. The van der Waals surface area contributed by atoms with Crippen LogP contribution in [0.5, 0.6) is 0 Å². The fourth-order valence-electron chi connectivity index (χ4n) is 2.96. The average molecular weight is 372 g/mol. The maximum atomic E-state index is 12.3. The Kier molecular flexibility index (Phi) is 6.12. The van der Waals surface area contributed by atoms with Gasteiger partial charge in [0.2, 0.25) is 0 Å². The van der Waals surface area contributed by atoms with Crippen molar-refractivity contribution in [3.63, 3.8) is 0 Å². The summed E-state index contributed by atoms with van der Waals surface area (Å²) in [5, 5.41) is 6.13. The van der Waals surface area contributed by atoms with E-state index in [0.29, 0.717) is 22.0 Å². The smallest absolute Gasteiger partial charge is 0.321 e. The molecule has 6 heteroatoms. The van der Waals surface area contributed by atoms with Crippen LogP contribution in [0.1, 0.15) is 36.0 Å². The van der Waals surface area contributed by atoms with Crippen LogP contribution in [0.3, 0.4) is 0 Å². The van der Waals surface area contributed by atoms with Crippen molar-refractivity contribution < 1.29 is 9.59 Å². The number of nitrogens with one attached hydrogen (secondary N) is 2. The van der Waals surface area contributed by atoms with Gasteiger partial charge in [0, 0.05) is 24.5 Å². The normalized spacial score (nSPS) is 14.4. The van der Waals surface area contributed by atoms with E-state index in [9.17, 15) is 9.59 Å². The zero-order valence-electron chi connectivity index (χ0n) is 14.5. The Morgan fingerprint density at radius 1 is 0.808 bits per heavy atom. The molecule has 1 aliphatic heterocycles. The first-order chi connectivity index (χ1) is 12.6. The van der Waals surface area contributed by atoms with Gasteiger partial charge in [-0.15, -0.1) is 0 Å². The molecule has 0 saturated carbocycles. The summed E-state index contributed by atoms with van der Waals surface area (Å²) in [6, 6.07) is 13.9. The molecular formula is C20H22ClN3O2. The highest BCUT2D eigenvalue weighted by Crippen LogP contribution is 2.19. The molecular weight excluding hydrogens is 350 g/mol. The van der Waals surface area contributed by atoms with Gasteiger partial charge in [0.05, 0.1) is 10.6 Å². The molecule has 1 saturated heterocycles. The van der Waals surface area contributed by atoms with Gasteiger partial charge in [-0.05, 0) is 49.2 Å². The van der Waals surface area contributed by atoms with Crippen LogP contribution in [0.4, 0.5) is 16.2 Å². The summed E-state index contributed by atoms with van der Waals surface area (Å²) in [7, 11) is 0. The molecule has 5 nitrogen and oxygen atoms in total. The molecule has 0 spiro atoms. The van der Waals surface area contributed by atoms with Crippen molar-refractivity contribution in [3.05, 3.63) is 59.1 Å². The minimum absolute atomic E-state index is 0.0697. The highest BCUT2D eigenvalue weighted by molar-refractivity contribution is 6.34. The molecule has 0 aromatic heterocycles. The summed E-state index contributed by atoms with van der Waals surface area (Å²) in [6.45, 7) is 1.61. The zero-order valence-corrected chi connectivity index (χ0v) is 15.3. The van der Waals surface area contributed by atoms with Gasteiger partial charge >= 0.3 is 6.03 Å². The van der Waals surface area contributed by atoms with E-state index in [4.69, 9.17) is 11.6 Å². The van der Waals surface area contributed by atoms with E-state index in [1.54, 1.807) is 48.5 Å². The van der Waals surface area contributed by atoms with Crippen LogP contribution in [0, 0.1) is 0 Å². The summed E-state index contributed by atoms with van der Waals surface area (Å²) in [4.78, 5) is 26.5. The first-order valence-electron chi connectivity index (χ1n) is 8.85. The standard InChI is InChI=1S/C20H22ClN3O2/c21-18-8-4-3-7-17(18)19(25)22-15-9-11-16(12-10-15)23-20(26)24-13-5-1-2-6-14-24/h3-4,7-12H,1-2,5-6,13-14H2,(H,22,25)(H,23,26). The van der Waals surface area contributed by atoms with E-state index in [0.717, 1.165) is 25.9 Å². The molecule has 1 aliphatic rings. The number of urea groups is 1. The number of hydrogen-bond acceptors (Lipinski definition) is 2. The van der Waals surface area contributed by atoms with E-state index in [-0.39, 0.29) is 11.9 Å². The lowest BCUT2D eigenvalue weighted by Gasteiger charge is -2.20. The van der Waals surface area contributed by atoms with Crippen molar-refractivity contribution in [1.82, 2.24) is 4.90 Å². The summed E-state index contributed by atoms with van der Waals surface area (Å²) in [6.07, 6.45) is 4.48. The van der Waals surface area contributed by atoms with Crippen LogP contribution in [0.2, 0.25) is 5.02 Å². The largest absolute Gasteiger partial charge is 0.325 e. The third-order valence-electron chi connectivity index (χ3n) is 4.41. The number of amides is 3. The van der Waals surface area contributed by atoms with Crippen LogP contribution in [0.15, 0.2) is 48.5 Å². The monoisotopic (exact) mass is 371 g/mol. The minimum atomic E-state index is -0.267. The van der Waals surface area contributed by atoms with E-state index in [1.165, 1.54) is 12.8 Å². The molecule has 26 heavy (non-hydrogen) atoms. The molecule has 2 N–H and O–H groups in total. The summed E-state index contributed by atoms with van der Waals surface area (Å²) < 4.78 is 0. The number of carbonyl (C=O) groups excluding carboxylic acids is 2. The Balaban J connectivity index is 1.59. The van der Waals surface area contributed by atoms with Crippen molar-refractivity contribution in [2.24, 2.45) is 0 Å². The summed E-state index contributed by atoms with van der Waals surface area (Å²) >= 11 is 6.04. The second-order valence-electron chi connectivity index (χ2n) is 6.34. The van der Waals surface area contributed by atoms with Gasteiger partial charge in [-0.3, -0.25) is 4.79 Å². The summed E-state index contributed by atoms with van der Waals surface area (Å²) in [5.74, 6) is -0.267. The van der Waals surface area contributed by atoms with Crippen molar-refractivity contribution in [2.75, 3.05) is 23.7 Å². The van der Waals surface area contributed by atoms with E-state index in [2.05, 4.69) is 10.6 Å². The van der Waals surface area contributed by atoms with Crippen molar-refractivity contribution >= 4 is 34.9 Å². The fraction of sp³-hybridized carbons (Fsp3) is 0.300. The van der Waals surface area contributed by atoms with Crippen LogP contribution in [-0.2, 0) is 0 Å². The molecule has 3 amide bonds. The van der Waals surface area contributed by atoms with E-state index < -0.39 is 0 Å². The molecule has 0 bridgehead atoms. The number of halogens is 1. The number of likely N-dealkylation sites (tertiary alicyclic amines) is 1. The Labute approximate surface area is 158 Å². The second-order valence-corrected chi connectivity index (χ2v) is 6.75. The lowest BCUT2D eigenvalue weighted by molar-refractivity contribution is 0.102. The van der Waals surface area contributed by atoms with Gasteiger partial charge in [-0.25, -0.2) is 4.79 Å². The number of hydrogen-bond donors (Lipinski definition) is 2. The Hall–Kier alpha value is -2.53. The van der Waals surface area contributed by atoms with Gasteiger partial charge < -0.3 is 15.5 Å². The molecule has 0 atom stereocenters. The molecule has 2 aromatic carbocycles. The van der Waals surface area contributed by atoms with Gasteiger partial charge in [-0.1, -0.05) is 36.6 Å². The topological polar surface area (TPSA) is 61.4 Å². The van der Waals surface area contributed by atoms with Crippen LogP contribution >= 0.6 is 11.6 Å². The predicted octanol–water partition coefficient (Wildman–Crippen LogP) is 5.00. The van der Waals surface area contributed by atoms with Crippen molar-refractivity contribution in [1.29, 1.82) is 0 Å². The number of rotatable bonds is 3. The molecule has 136 valence electrons. The SMILES string of the molecule is O=C(Nc1ccc(NC(=O)N2CCCCCC2)cc1)c1ccccc1Cl. The van der Waals surface area contributed by atoms with Gasteiger partial charge in [0.15, 0.2) is 0 Å². The van der Waals surface area contributed by atoms with Gasteiger partial charge in [0.25, 0.3) is 5.91 Å². The summed E-state index contributed by atoms with van der Waals surface area (Å²) in [5.41, 5.74) is 1.77. The maximum Gasteiger partial charge on any atom is 0.321 e. The molecule has 1 heterocycles. The first kappa shape index (κ1) is 18.3. The van der Waals surface area contributed by atoms with Crippen LogP contribution in [0.25, 0.3) is 0 Å². The van der Waals surface area contributed by atoms with E-state index in [1.807, 2.05) is 4.90 Å². The maximum absolute atomic E-state index is 12.3. The van der Waals surface area contributed by atoms with Crippen molar-refractivity contribution in [3.8, 4) is 0 Å². The average Bonchev–Trinajstić information content (AvgIpc) is 2.93. The molecule has 1 fully saturated rings. The molecule has 2 aromatic rings. The Morgan fingerprint density at radius 3 is 2.00 bits per heavy atom. The molecule has 3 rings (SSSR count). The van der Waals surface area contributed by atoms with Crippen LogP contribution < -0.4 is 10.6 Å². The number of nitrogens with zero attached hydrogens (tertiary/aromatic N) is 1. The molecule has 0 aliphatic carbocycles. The van der Waals surface area contributed by atoms with Crippen LogP contribution in [-0.4, -0.2) is 29.9 Å². The second kappa shape index (κ2) is 8.72. The third-order valence-corrected chi connectivity index (χ3v) is 4.74. The lowest BCUT2D eigenvalue weighted by atomic mass is 10.2. The van der Waals surface area contributed by atoms with Gasteiger partial charge in [-0.2, -0.15) is 0 Å². The van der Waals surface area contributed by atoms with Gasteiger partial charge in [0.1, 0.15) is 0 Å². The molecule has 0 unspecified atom stereocenters. The predicted molar refractivity (Wildman–Crippen MR) is 105 cm³/mol. The highest BCUT2D eigenvalue weighted by Gasteiger charge is 2.15. The highest BCUT2D eigenvalue weighted by atomic mass is 35.5. The first-order valence-corrected chi connectivity index (χ1v) is 9.23.